The molecule has 3 rings (SSSR count). The first-order valence-corrected chi connectivity index (χ1v) is 8.12. The molecule has 1 aliphatic rings. The van der Waals surface area contributed by atoms with Gasteiger partial charge in [0.1, 0.15) is 5.82 Å². The molecule has 98 valence electrons. The van der Waals surface area contributed by atoms with Crippen molar-refractivity contribution in [3.63, 3.8) is 0 Å². The van der Waals surface area contributed by atoms with Crippen LogP contribution in [0.3, 0.4) is 0 Å². The van der Waals surface area contributed by atoms with Gasteiger partial charge in [-0.15, -0.1) is 0 Å². The molecule has 0 aliphatic carbocycles. The van der Waals surface area contributed by atoms with Crippen LogP contribution in [-0.2, 0) is 11.5 Å². The average Bonchev–Trinajstić information content (AvgIpc) is 2.85. The number of halogens is 2. The lowest BCUT2D eigenvalue weighted by atomic mass is 10.2. The van der Waals surface area contributed by atoms with Crippen molar-refractivity contribution in [2.75, 3.05) is 12.4 Å². The molecule has 0 unspecified atom stereocenters. The third-order valence-corrected chi connectivity index (χ3v) is 4.76. The quantitative estimate of drug-likeness (QED) is 0.868. The normalized spacial score (nSPS) is 13.4. The summed E-state index contributed by atoms with van der Waals surface area (Å²) in [6.07, 6.45) is 0. The smallest absolute Gasteiger partial charge is 0.163 e. The molecular formula is C13H11BrClN3S. The molecule has 0 atom stereocenters. The lowest BCUT2D eigenvalue weighted by Crippen LogP contribution is -2.03. The lowest BCUT2D eigenvalue weighted by molar-refractivity contribution is 1.07. The molecule has 0 radical (unpaired) electrons. The fourth-order valence-electron chi connectivity index (χ4n) is 2.05. The number of rotatable bonds is 2. The molecule has 19 heavy (non-hydrogen) atoms. The summed E-state index contributed by atoms with van der Waals surface area (Å²) in [6, 6.07) is 5.75. The van der Waals surface area contributed by atoms with Crippen molar-refractivity contribution in [2.45, 2.75) is 11.5 Å². The van der Waals surface area contributed by atoms with Gasteiger partial charge in [-0.1, -0.05) is 27.5 Å². The fraction of sp³-hybridized carbons (Fsp3) is 0.231. The maximum absolute atomic E-state index is 6.27. The Bertz CT molecular complexity index is 648. The molecular weight excluding hydrogens is 346 g/mol. The van der Waals surface area contributed by atoms with Gasteiger partial charge >= 0.3 is 0 Å². The number of thioether (sulfide) groups is 1. The van der Waals surface area contributed by atoms with E-state index in [1.807, 2.05) is 37.0 Å². The summed E-state index contributed by atoms with van der Waals surface area (Å²) in [5.74, 6) is 3.50. The van der Waals surface area contributed by atoms with Gasteiger partial charge in [-0.05, 0) is 18.2 Å². The van der Waals surface area contributed by atoms with Crippen molar-refractivity contribution >= 4 is 45.1 Å². The second kappa shape index (κ2) is 5.31. The van der Waals surface area contributed by atoms with Crippen LogP contribution < -0.4 is 5.32 Å². The number of hydrogen-bond donors (Lipinski definition) is 1. The van der Waals surface area contributed by atoms with Crippen molar-refractivity contribution < 1.29 is 0 Å². The summed E-state index contributed by atoms with van der Waals surface area (Å²) >= 11 is 11.5. The topological polar surface area (TPSA) is 37.8 Å². The van der Waals surface area contributed by atoms with E-state index < -0.39 is 0 Å². The monoisotopic (exact) mass is 355 g/mol. The van der Waals surface area contributed by atoms with E-state index in [0.717, 1.165) is 33.1 Å². The summed E-state index contributed by atoms with van der Waals surface area (Å²) in [4.78, 5) is 9.24. The lowest BCUT2D eigenvalue weighted by Gasteiger charge is -2.10. The van der Waals surface area contributed by atoms with Crippen LogP contribution in [0.25, 0.3) is 11.4 Å². The highest BCUT2D eigenvalue weighted by atomic mass is 79.9. The number of nitrogens with zero attached hydrogens (tertiary/aromatic N) is 2. The fourth-order valence-corrected chi connectivity index (χ4v) is 3.85. The second-order valence-electron chi connectivity index (χ2n) is 4.19. The van der Waals surface area contributed by atoms with Crippen LogP contribution in [0.5, 0.6) is 0 Å². The Labute approximate surface area is 129 Å². The van der Waals surface area contributed by atoms with Gasteiger partial charge in [0.05, 0.1) is 10.7 Å². The van der Waals surface area contributed by atoms with Crippen molar-refractivity contribution in [1.29, 1.82) is 0 Å². The maximum Gasteiger partial charge on any atom is 0.163 e. The van der Waals surface area contributed by atoms with Gasteiger partial charge in [0.2, 0.25) is 0 Å². The number of hydrogen-bond acceptors (Lipinski definition) is 4. The highest BCUT2D eigenvalue weighted by molar-refractivity contribution is 9.10. The van der Waals surface area contributed by atoms with Crippen LogP contribution in [0.15, 0.2) is 22.7 Å². The molecule has 1 aromatic carbocycles. The van der Waals surface area contributed by atoms with Crippen molar-refractivity contribution in [1.82, 2.24) is 9.97 Å². The molecule has 1 aliphatic heterocycles. The predicted molar refractivity (Wildman–Crippen MR) is 84.7 cm³/mol. The van der Waals surface area contributed by atoms with Crippen LogP contribution in [0.2, 0.25) is 5.02 Å². The molecule has 1 aromatic heterocycles. The van der Waals surface area contributed by atoms with Crippen molar-refractivity contribution in [3.8, 4) is 11.4 Å². The zero-order chi connectivity index (χ0) is 13.4. The zero-order valence-electron chi connectivity index (χ0n) is 10.2. The largest absolute Gasteiger partial charge is 0.373 e. The maximum atomic E-state index is 6.27. The molecule has 0 amide bonds. The molecule has 6 heteroatoms. The minimum atomic E-state index is 0.655. The van der Waals surface area contributed by atoms with Gasteiger partial charge in [0.25, 0.3) is 0 Å². The van der Waals surface area contributed by atoms with Crippen LogP contribution in [0.4, 0.5) is 5.82 Å². The number of fused-ring (bicyclic) bond motifs is 1. The molecule has 2 aromatic rings. The SMILES string of the molecule is CNc1nc(-c2ccc(Br)cc2Cl)nc2c1CSC2. The van der Waals surface area contributed by atoms with Gasteiger partial charge in [-0.25, -0.2) is 9.97 Å². The highest BCUT2D eigenvalue weighted by Crippen LogP contribution is 2.36. The highest BCUT2D eigenvalue weighted by Gasteiger charge is 2.20. The van der Waals surface area contributed by atoms with E-state index in [1.54, 1.807) is 0 Å². The Balaban J connectivity index is 2.15. The minimum Gasteiger partial charge on any atom is -0.373 e. The number of nitrogens with one attached hydrogen (secondary N) is 1. The summed E-state index contributed by atoms with van der Waals surface area (Å²) in [6.45, 7) is 0. The van der Waals surface area contributed by atoms with E-state index in [-0.39, 0.29) is 0 Å². The molecule has 1 N–H and O–H groups in total. The average molecular weight is 357 g/mol. The first-order valence-electron chi connectivity index (χ1n) is 5.79. The Hall–Kier alpha value is -0.780. The van der Waals surface area contributed by atoms with E-state index in [4.69, 9.17) is 11.6 Å². The van der Waals surface area contributed by atoms with Gasteiger partial charge in [-0.2, -0.15) is 11.8 Å². The molecule has 3 nitrogen and oxygen atoms in total. The molecule has 0 spiro atoms. The Kier molecular flexibility index (Phi) is 3.69. The second-order valence-corrected chi connectivity index (χ2v) is 6.50. The van der Waals surface area contributed by atoms with E-state index in [9.17, 15) is 0 Å². The van der Waals surface area contributed by atoms with E-state index in [0.29, 0.717) is 10.8 Å². The first kappa shape index (κ1) is 13.2. The minimum absolute atomic E-state index is 0.655. The number of anilines is 1. The van der Waals surface area contributed by atoms with E-state index >= 15 is 0 Å². The zero-order valence-corrected chi connectivity index (χ0v) is 13.4. The predicted octanol–water partition coefficient (Wildman–Crippen LogP) is 4.35. The van der Waals surface area contributed by atoms with Crippen LogP contribution >= 0.6 is 39.3 Å². The Morgan fingerprint density at radius 2 is 2.16 bits per heavy atom. The summed E-state index contributed by atoms with van der Waals surface area (Å²) in [5.41, 5.74) is 3.18. The Morgan fingerprint density at radius 3 is 2.89 bits per heavy atom. The third-order valence-electron chi connectivity index (χ3n) is 2.99. The van der Waals surface area contributed by atoms with Crippen LogP contribution in [0.1, 0.15) is 11.3 Å². The van der Waals surface area contributed by atoms with Gasteiger partial charge in [-0.3, -0.25) is 0 Å². The molecule has 0 saturated heterocycles. The molecule has 2 heterocycles. The summed E-state index contributed by atoms with van der Waals surface area (Å²) in [7, 11) is 1.89. The van der Waals surface area contributed by atoms with Gasteiger partial charge < -0.3 is 5.32 Å². The summed E-state index contributed by atoms with van der Waals surface area (Å²) < 4.78 is 0.951. The standard InChI is InChI=1S/C13H11BrClN3S/c1-16-12-9-5-19-6-11(9)17-13(18-12)8-3-2-7(14)4-10(8)15/h2-4H,5-6H2,1H3,(H,16,17,18). The van der Waals surface area contributed by atoms with E-state index in [1.165, 1.54) is 5.56 Å². The molecule has 0 bridgehead atoms. The molecule has 0 fully saturated rings. The summed E-state index contributed by atoms with van der Waals surface area (Å²) in [5, 5.41) is 3.81. The van der Waals surface area contributed by atoms with Crippen molar-refractivity contribution in [3.05, 3.63) is 39.0 Å². The van der Waals surface area contributed by atoms with Crippen molar-refractivity contribution in [2.24, 2.45) is 0 Å². The van der Waals surface area contributed by atoms with E-state index in [2.05, 4.69) is 31.2 Å². The van der Waals surface area contributed by atoms with Crippen LogP contribution in [0, 0.1) is 0 Å². The van der Waals surface area contributed by atoms with Crippen LogP contribution in [-0.4, -0.2) is 17.0 Å². The number of benzene rings is 1. The number of aromatic nitrogens is 2. The molecule has 0 saturated carbocycles. The van der Waals surface area contributed by atoms with Gasteiger partial charge in [0, 0.05) is 34.2 Å². The first-order chi connectivity index (χ1) is 9.19. The van der Waals surface area contributed by atoms with Gasteiger partial charge in [0.15, 0.2) is 5.82 Å². The third kappa shape index (κ3) is 2.47. The Morgan fingerprint density at radius 1 is 1.32 bits per heavy atom.